The second kappa shape index (κ2) is 8.68. The Hall–Kier alpha value is -0.483. The van der Waals surface area contributed by atoms with Gasteiger partial charge in [-0.15, -0.1) is 0 Å². The van der Waals surface area contributed by atoms with Crippen LogP contribution in [-0.2, 0) is 0 Å². The minimum atomic E-state index is -1.30. The summed E-state index contributed by atoms with van der Waals surface area (Å²) in [5.74, 6) is -0.286. The summed E-state index contributed by atoms with van der Waals surface area (Å²) in [5.41, 5.74) is 1.65. The molecule has 0 aromatic heterocycles. The Kier molecular flexibility index (Phi) is 6.76. The fraction of sp³-hybridized carbons (Fsp3) is 0.714. The van der Waals surface area contributed by atoms with Gasteiger partial charge in [-0.25, -0.2) is 8.78 Å². The first-order chi connectivity index (χ1) is 12.4. The third-order valence-corrected chi connectivity index (χ3v) is 13.0. The molecular formula is C21H30ClF3Si. The Labute approximate surface area is 161 Å². The van der Waals surface area contributed by atoms with E-state index in [4.69, 9.17) is 11.6 Å². The van der Waals surface area contributed by atoms with Gasteiger partial charge < -0.3 is 0 Å². The second-order valence-corrected chi connectivity index (χ2v) is 14.3. The average molecular weight is 403 g/mol. The summed E-state index contributed by atoms with van der Waals surface area (Å²) in [4.78, 5) is 0. The molecule has 0 N–H and O–H groups in total. The van der Waals surface area contributed by atoms with Crippen molar-refractivity contribution in [2.75, 3.05) is 6.67 Å². The summed E-state index contributed by atoms with van der Waals surface area (Å²) in [5, 5.41) is -0.395. The topological polar surface area (TPSA) is 0 Å². The molecule has 1 saturated heterocycles. The molecule has 0 amide bonds. The maximum absolute atomic E-state index is 13.8. The lowest BCUT2D eigenvalue weighted by Crippen LogP contribution is -2.41. The molecule has 1 saturated carbocycles. The minimum absolute atomic E-state index is 0.181. The van der Waals surface area contributed by atoms with Crippen LogP contribution >= 0.6 is 11.6 Å². The first-order valence-electron chi connectivity index (χ1n) is 10.1. The average Bonchev–Trinajstić information content (AvgIpc) is 2.65. The Balaban J connectivity index is 1.56. The van der Waals surface area contributed by atoms with Gasteiger partial charge in [0, 0.05) is 0 Å². The Morgan fingerprint density at radius 3 is 2.12 bits per heavy atom. The molecule has 3 rings (SSSR count). The van der Waals surface area contributed by atoms with Crippen molar-refractivity contribution in [1.29, 1.82) is 0 Å². The molecule has 0 unspecified atom stereocenters. The maximum atomic E-state index is 13.8. The van der Waals surface area contributed by atoms with Crippen LogP contribution in [0.5, 0.6) is 0 Å². The van der Waals surface area contributed by atoms with Crippen LogP contribution in [0.2, 0.25) is 29.2 Å². The molecule has 0 bridgehead atoms. The molecule has 1 aliphatic heterocycles. The van der Waals surface area contributed by atoms with Crippen LogP contribution in [0.25, 0.3) is 0 Å². The number of alkyl halides is 1. The van der Waals surface area contributed by atoms with Gasteiger partial charge in [0.05, 0.1) is 14.7 Å². The van der Waals surface area contributed by atoms with Crippen molar-refractivity contribution >= 4 is 19.7 Å². The highest BCUT2D eigenvalue weighted by Gasteiger charge is 2.41. The minimum Gasteiger partial charge on any atom is -0.251 e. The highest BCUT2D eigenvalue weighted by atomic mass is 35.5. The van der Waals surface area contributed by atoms with Gasteiger partial charge in [-0.3, -0.25) is 4.39 Å². The van der Waals surface area contributed by atoms with Crippen molar-refractivity contribution in [2.45, 2.75) is 81.5 Å². The second-order valence-electron chi connectivity index (χ2n) is 8.78. The summed E-state index contributed by atoms with van der Waals surface area (Å²) in [6.07, 6.45) is 9.03. The lowest BCUT2D eigenvalue weighted by atomic mass is 9.86. The van der Waals surface area contributed by atoms with Gasteiger partial charge in [0.2, 0.25) is 0 Å². The van der Waals surface area contributed by atoms with E-state index in [1.807, 2.05) is 0 Å². The molecule has 0 radical (unpaired) electrons. The first-order valence-corrected chi connectivity index (χ1v) is 13.5. The zero-order valence-electron chi connectivity index (χ0n) is 15.7. The Morgan fingerprint density at radius 2 is 1.58 bits per heavy atom. The van der Waals surface area contributed by atoms with Crippen LogP contribution in [0.1, 0.15) is 62.8 Å². The number of rotatable bonds is 5. The molecule has 1 aromatic rings. The van der Waals surface area contributed by atoms with E-state index in [0.29, 0.717) is 0 Å². The van der Waals surface area contributed by atoms with Crippen LogP contribution < -0.4 is 0 Å². The number of hydrogen-bond acceptors (Lipinski definition) is 0. The highest BCUT2D eigenvalue weighted by molar-refractivity contribution is 6.80. The fourth-order valence-corrected chi connectivity index (χ4v) is 10.3. The third kappa shape index (κ3) is 4.49. The standard InChI is InChI=1S/C21H30ClF3Si/c1-26(18-6-4-15(5-7-18)3-2-10-23)11-8-16(9-12-26)17-13-19(24)21(22)20(25)14-17/h13-16,18H,2-12H2,1H3/t15-,16?,18-,26?. The van der Waals surface area contributed by atoms with Crippen molar-refractivity contribution in [2.24, 2.45) is 5.92 Å². The van der Waals surface area contributed by atoms with E-state index >= 15 is 0 Å². The largest absolute Gasteiger partial charge is 0.251 e. The summed E-state index contributed by atoms with van der Waals surface area (Å²) in [7, 11) is -1.30. The molecular weight excluding hydrogens is 373 g/mol. The molecule has 2 fully saturated rings. The van der Waals surface area contributed by atoms with Crippen LogP contribution in [0.3, 0.4) is 0 Å². The van der Waals surface area contributed by atoms with Gasteiger partial charge in [-0.05, 0) is 60.8 Å². The summed E-state index contributed by atoms with van der Waals surface area (Å²) in [6, 6.07) is 5.36. The first kappa shape index (κ1) is 20.3. The van der Waals surface area contributed by atoms with E-state index in [1.165, 1.54) is 49.9 Å². The van der Waals surface area contributed by atoms with E-state index < -0.39 is 24.7 Å². The predicted molar refractivity (Wildman–Crippen MR) is 105 cm³/mol. The Bertz CT molecular complexity index is 582. The zero-order chi connectivity index (χ0) is 18.7. The molecule has 146 valence electrons. The molecule has 0 atom stereocenters. The number of benzene rings is 1. The molecule has 1 aliphatic carbocycles. The molecule has 5 heteroatoms. The number of halogens is 4. The smallest absolute Gasteiger partial charge is 0.145 e. The van der Waals surface area contributed by atoms with Gasteiger partial charge in [0.15, 0.2) is 0 Å². The lowest BCUT2D eigenvalue weighted by Gasteiger charge is -2.44. The molecule has 26 heavy (non-hydrogen) atoms. The lowest BCUT2D eigenvalue weighted by molar-refractivity contribution is 0.310. The van der Waals surface area contributed by atoms with Crippen LogP contribution in [-0.4, -0.2) is 14.7 Å². The van der Waals surface area contributed by atoms with Gasteiger partial charge in [0.1, 0.15) is 16.7 Å². The monoisotopic (exact) mass is 402 g/mol. The summed E-state index contributed by atoms with van der Waals surface area (Å²) >= 11 is 5.61. The molecule has 1 heterocycles. The van der Waals surface area contributed by atoms with Crippen molar-refractivity contribution in [3.8, 4) is 0 Å². The van der Waals surface area contributed by atoms with Crippen LogP contribution in [0, 0.1) is 17.6 Å². The van der Waals surface area contributed by atoms with Crippen molar-refractivity contribution in [3.63, 3.8) is 0 Å². The molecule has 2 aliphatic rings. The normalized spacial score (nSPS) is 32.6. The van der Waals surface area contributed by atoms with E-state index in [1.54, 1.807) is 0 Å². The third-order valence-electron chi connectivity index (χ3n) is 7.18. The summed E-state index contributed by atoms with van der Waals surface area (Å²) in [6.45, 7) is 2.36. The highest BCUT2D eigenvalue weighted by Crippen LogP contribution is 2.49. The van der Waals surface area contributed by atoms with Gasteiger partial charge >= 0.3 is 0 Å². The van der Waals surface area contributed by atoms with E-state index in [2.05, 4.69) is 6.55 Å². The van der Waals surface area contributed by atoms with E-state index in [9.17, 15) is 13.2 Å². The summed E-state index contributed by atoms with van der Waals surface area (Å²) < 4.78 is 39.9. The van der Waals surface area contributed by atoms with Gasteiger partial charge in [0.25, 0.3) is 0 Å². The van der Waals surface area contributed by atoms with Gasteiger partial charge in [-0.2, -0.15) is 0 Å². The maximum Gasteiger partial charge on any atom is 0.145 e. The van der Waals surface area contributed by atoms with Crippen molar-refractivity contribution in [1.82, 2.24) is 0 Å². The van der Waals surface area contributed by atoms with Crippen LogP contribution in [0.15, 0.2) is 12.1 Å². The predicted octanol–water partition coefficient (Wildman–Crippen LogP) is 7.88. The SMILES string of the molecule is C[Si]1([C@H]2CC[C@H](CCCF)CC2)CCC(c2cc(F)c(Cl)c(F)c2)CC1. The van der Waals surface area contributed by atoms with Crippen molar-refractivity contribution < 1.29 is 13.2 Å². The molecule has 1 aromatic carbocycles. The molecule has 0 spiro atoms. The Morgan fingerprint density at radius 1 is 1.00 bits per heavy atom. The van der Waals surface area contributed by atoms with Crippen LogP contribution in [0.4, 0.5) is 13.2 Å². The quantitative estimate of drug-likeness (QED) is 0.347. The number of hydrogen-bond donors (Lipinski definition) is 0. The zero-order valence-corrected chi connectivity index (χ0v) is 17.4. The van der Waals surface area contributed by atoms with Crippen molar-refractivity contribution in [3.05, 3.63) is 34.4 Å². The van der Waals surface area contributed by atoms with E-state index in [0.717, 1.165) is 42.7 Å². The molecule has 0 nitrogen and oxygen atoms in total. The van der Waals surface area contributed by atoms with Gasteiger partial charge in [-0.1, -0.05) is 55.9 Å². The van der Waals surface area contributed by atoms with E-state index in [-0.39, 0.29) is 12.6 Å². The fourth-order valence-electron chi connectivity index (χ4n) is 5.34.